The van der Waals surface area contributed by atoms with Crippen LogP contribution >= 0.6 is 0 Å². The molecular weight excluding hydrogens is 250 g/mol. The van der Waals surface area contributed by atoms with Gasteiger partial charge in [0.1, 0.15) is 5.75 Å². The molecule has 0 aliphatic carbocycles. The van der Waals surface area contributed by atoms with E-state index in [9.17, 15) is 4.79 Å². The van der Waals surface area contributed by atoms with Gasteiger partial charge in [-0.15, -0.1) is 0 Å². The maximum absolute atomic E-state index is 12.0. The predicted octanol–water partition coefficient (Wildman–Crippen LogP) is 3.35. The van der Waals surface area contributed by atoms with E-state index in [4.69, 9.17) is 10.4 Å². The predicted molar refractivity (Wildman–Crippen MR) is 77.2 cm³/mol. The molecule has 0 aliphatic heterocycles. The third kappa shape index (κ3) is 3.56. The van der Waals surface area contributed by atoms with Gasteiger partial charge in [0.05, 0.1) is 12.5 Å². The summed E-state index contributed by atoms with van der Waals surface area (Å²) in [7, 11) is 0. The molecular formula is C17H13NO2. The highest BCUT2D eigenvalue weighted by Gasteiger charge is 2.01. The van der Waals surface area contributed by atoms with E-state index in [1.165, 1.54) is 6.08 Å². The van der Waals surface area contributed by atoms with E-state index in [2.05, 4.69) is 6.07 Å². The Balaban J connectivity index is 2.08. The SMILES string of the molecule is N#CCc1ccc(C(=O)/C=C/c2ccc(O)cc2)cc1. The summed E-state index contributed by atoms with van der Waals surface area (Å²) < 4.78 is 0. The van der Waals surface area contributed by atoms with Crippen LogP contribution in [-0.2, 0) is 6.42 Å². The summed E-state index contributed by atoms with van der Waals surface area (Å²) in [5, 5.41) is 17.7. The quantitative estimate of drug-likeness (QED) is 0.679. The molecule has 0 spiro atoms. The van der Waals surface area contributed by atoms with Gasteiger partial charge in [-0.05, 0) is 29.3 Å². The zero-order chi connectivity index (χ0) is 14.4. The van der Waals surface area contributed by atoms with Crippen LogP contribution in [0.25, 0.3) is 6.08 Å². The first-order valence-electron chi connectivity index (χ1n) is 6.16. The normalized spacial score (nSPS) is 10.3. The molecule has 0 aliphatic rings. The van der Waals surface area contributed by atoms with Gasteiger partial charge in [-0.3, -0.25) is 4.79 Å². The van der Waals surface area contributed by atoms with Crippen LogP contribution in [-0.4, -0.2) is 10.9 Å². The summed E-state index contributed by atoms with van der Waals surface area (Å²) in [6.45, 7) is 0. The lowest BCUT2D eigenvalue weighted by molar-refractivity contribution is 0.104. The Bertz CT molecular complexity index is 662. The van der Waals surface area contributed by atoms with Crippen LogP contribution in [0.1, 0.15) is 21.5 Å². The van der Waals surface area contributed by atoms with Crippen molar-refractivity contribution in [1.29, 1.82) is 5.26 Å². The van der Waals surface area contributed by atoms with Crippen molar-refractivity contribution >= 4 is 11.9 Å². The summed E-state index contributed by atoms with van der Waals surface area (Å²) in [6.07, 6.45) is 3.54. The van der Waals surface area contributed by atoms with Gasteiger partial charge in [0.25, 0.3) is 0 Å². The number of benzene rings is 2. The number of aromatic hydroxyl groups is 1. The molecule has 0 bridgehead atoms. The van der Waals surface area contributed by atoms with Gasteiger partial charge in [-0.25, -0.2) is 0 Å². The molecule has 0 amide bonds. The highest BCUT2D eigenvalue weighted by Crippen LogP contribution is 2.12. The number of phenolic OH excluding ortho intramolecular Hbond substituents is 1. The minimum absolute atomic E-state index is 0.0958. The van der Waals surface area contributed by atoms with E-state index >= 15 is 0 Å². The molecule has 98 valence electrons. The minimum atomic E-state index is -0.0958. The van der Waals surface area contributed by atoms with E-state index in [1.54, 1.807) is 54.6 Å². The molecule has 0 aromatic heterocycles. The third-order valence-electron chi connectivity index (χ3n) is 2.84. The molecule has 2 rings (SSSR count). The summed E-state index contributed by atoms with van der Waals surface area (Å²) in [6, 6.07) is 15.7. The van der Waals surface area contributed by atoms with Gasteiger partial charge in [-0.1, -0.05) is 42.5 Å². The zero-order valence-electron chi connectivity index (χ0n) is 10.8. The smallest absolute Gasteiger partial charge is 0.185 e. The van der Waals surface area contributed by atoms with Gasteiger partial charge >= 0.3 is 0 Å². The number of phenols is 1. The maximum atomic E-state index is 12.0. The number of hydrogen-bond acceptors (Lipinski definition) is 3. The summed E-state index contributed by atoms with van der Waals surface area (Å²) in [5.74, 6) is 0.100. The van der Waals surface area contributed by atoms with E-state index in [1.807, 2.05) is 0 Å². The number of allylic oxidation sites excluding steroid dienone is 1. The number of nitrogens with zero attached hydrogens (tertiary/aromatic N) is 1. The lowest BCUT2D eigenvalue weighted by Gasteiger charge is -1.98. The molecule has 0 atom stereocenters. The first-order valence-corrected chi connectivity index (χ1v) is 6.16. The molecule has 1 N–H and O–H groups in total. The van der Waals surface area contributed by atoms with Crippen LogP contribution in [0.15, 0.2) is 54.6 Å². The van der Waals surface area contributed by atoms with Crippen molar-refractivity contribution in [3.8, 4) is 11.8 Å². The summed E-state index contributed by atoms with van der Waals surface area (Å²) >= 11 is 0. The van der Waals surface area contributed by atoms with Gasteiger partial charge < -0.3 is 5.11 Å². The first-order chi connectivity index (χ1) is 9.69. The number of carbonyl (C=O) groups is 1. The molecule has 2 aromatic carbocycles. The number of hydrogen-bond donors (Lipinski definition) is 1. The zero-order valence-corrected chi connectivity index (χ0v) is 10.8. The first kappa shape index (κ1) is 13.6. The van der Waals surface area contributed by atoms with Gasteiger partial charge in [0.15, 0.2) is 5.78 Å². The largest absolute Gasteiger partial charge is 0.508 e. The Morgan fingerprint density at radius 1 is 1.10 bits per heavy atom. The highest BCUT2D eigenvalue weighted by atomic mass is 16.3. The van der Waals surface area contributed by atoms with Crippen molar-refractivity contribution in [3.63, 3.8) is 0 Å². The highest BCUT2D eigenvalue weighted by molar-refractivity contribution is 6.06. The van der Waals surface area contributed by atoms with E-state index < -0.39 is 0 Å². The van der Waals surface area contributed by atoms with Gasteiger partial charge in [0.2, 0.25) is 0 Å². The van der Waals surface area contributed by atoms with E-state index in [0.29, 0.717) is 12.0 Å². The standard InChI is InChI=1S/C17H13NO2/c18-12-11-14-1-6-15(7-2-14)17(20)10-5-13-3-8-16(19)9-4-13/h1-10,19H,11H2/b10-5+. The fourth-order valence-corrected chi connectivity index (χ4v) is 1.73. The van der Waals surface area contributed by atoms with Gasteiger partial charge in [-0.2, -0.15) is 5.26 Å². The second kappa shape index (κ2) is 6.35. The lowest BCUT2D eigenvalue weighted by atomic mass is 10.1. The number of ketones is 1. The Hall–Kier alpha value is -2.86. The van der Waals surface area contributed by atoms with Crippen LogP contribution in [0.3, 0.4) is 0 Å². The number of carbonyl (C=O) groups excluding carboxylic acids is 1. The monoisotopic (exact) mass is 263 g/mol. The number of rotatable bonds is 4. The Labute approximate surface area is 117 Å². The molecule has 0 unspecified atom stereocenters. The van der Waals surface area contributed by atoms with Crippen molar-refractivity contribution < 1.29 is 9.90 Å². The Morgan fingerprint density at radius 2 is 1.75 bits per heavy atom. The molecule has 0 heterocycles. The van der Waals surface area contributed by atoms with Crippen molar-refractivity contribution in [2.75, 3.05) is 0 Å². The van der Waals surface area contributed by atoms with Crippen molar-refractivity contribution in [2.24, 2.45) is 0 Å². The van der Waals surface area contributed by atoms with Gasteiger partial charge in [0, 0.05) is 5.56 Å². The Kier molecular flexibility index (Phi) is 4.31. The van der Waals surface area contributed by atoms with Crippen LogP contribution in [0.5, 0.6) is 5.75 Å². The Morgan fingerprint density at radius 3 is 2.35 bits per heavy atom. The summed E-state index contributed by atoms with van der Waals surface area (Å²) in [4.78, 5) is 12.0. The minimum Gasteiger partial charge on any atom is -0.508 e. The van der Waals surface area contributed by atoms with Crippen LogP contribution in [0.4, 0.5) is 0 Å². The lowest BCUT2D eigenvalue weighted by Crippen LogP contribution is -1.94. The molecule has 3 heteroatoms. The molecule has 0 saturated heterocycles. The second-order valence-electron chi connectivity index (χ2n) is 4.32. The maximum Gasteiger partial charge on any atom is 0.185 e. The second-order valence-corrected chi connectivity index (χ2v) is 4.32. The molecule has 2 aromatic rings. The molecule has 0 fully saturated rings. The fraction of sp³-hybridized carbons (Fsp3) is 0.0588. The van der Waals surface area contributed by atoms with Crippen LogP contribution in [0, 0.1) is 11.3 Å². The van der Waals surface area contributed by atoms with E-state index in [-0.39, 0.29) is 11.5 Å². The third-order valence-corrected chi connectivity index (χ3v) is 2.84. The van der Waals surface area contributed by atoms with Crippen molar-refractivity contribution in [2.45, 2.75) is 6.42 Å². The average Bonchev–Trinajstić information content (AvgIpc) is 2.47. The van der Waals surface area contributed by atoms with Crippen molar-refractivity contribution in [3.05, 3.63) is 71.3 Å². The average molecular weight is 263 g/mol. The molecule has 20 heavy (non-hydrogen) atoms. The number of nitriles is 1. The van der Waals surface area contributed by atoms with Crippen LogP contribution < -0.4 is 0 Å². The van der Waals surface area contributed by atoms with E-state index in [0.717, 1.165) is 11.1 Å². The summed E-state index contributed by atoms with van der Waals surface area (Å²) in [5.41, 5.74) is 2.32. The molecule has 0 radical (unpaired) electrons. The molecule has 0 saturated carbocycles. The van der Waals surface area contributed by atoms with Crippen molar-refractivity contribution in [1.82, 2.24) is 0 Å². The topological polar surface area (TPSA) is 61.1 Å². The van der Waals surface area contributed by atoms with Crippen LogP contribution in [0.2, 0.25) is 0 Å². The molecule has 3 nitrogen and oxygen atoms in total. The fourth-order valence-electron chi connectivity index (χ4n) is 1.73.